The van der Waals surface area contributed by atoms with Crippen molar-refractivity contribution in [2.75, 3.05) is 27.2 Å². The topological polar surface area (TPSA) is 93.1 Å². The van der Waals surface area contributed by atoms with Gasteiger partial charge in [-0.05, 0) is 47.9 Å². The number of imidazole rings is 1. The molecule has 4 rings (SSSR count). The number of benzene rings is 1. The Morgan fingerprint density at radius 2 is 2.00 bits per heavy atom. The van der Waals surface area contributed by atoms with Crippen molar-refractivity contribution in [3.8, 4) is 6.07 Å². The van der Waals surface area contributed by atoms with Gasteiger partial charge < -0.3 is 14.8 Å². The highest BCUT2D eigenvalue weighted by Gasteiger charge is 2.28. The molecule has 1 fully saturated rings. The Morgan fingerprint density at radius 3 is 2.72 bits per heavy atom. The lowest BCUT2D eigenvalue weighted by atomic mass is 9.87. The number of Topliss-reactive ketones (excluding diaryl/α,β-unsaturated/α-hetero) is 1. The molecule has 2 heterocycles. The van der Waals surface area contributed by atoms with Crippen LogP contribution in [0, 0.1) is 11.3 Å². The third-order valence-corrected chi connectivity index (χ3v) is 6.45. The molecule has 2 aromatic rings. The molecule has 7 nitrogen and oxygen atoms in total. The Kier molecular flexibility index (Phi) is 6.40. The highest BCUT2D eigenvalue weighted by molar-refractivity contribution is 5.95. The summed E-state index contributed by atoms with van der Waals surface area (Å²) in [5.41, 5.74) is 4.90. The number of aromatic amines is 1. The van der Waals surface area contributed by atoms with Gasteiger partial charge in [0.2, 0.25) is 5.78 Å². The average molecular weight is 432 g/mol. The van der Waals surface area contributed by atoms with E-state index in [0.29, 0.717) is 13.1 Å². The van der Waals surface area contributed by atoms with Crippen LogP contribution in [0.4, 0.5) is 4.79 Å². The lowest BCUT2D eigenvalue weighted by Crippen LogP contribution is -2.48. The highest BCUT2D eigenvalue weighted by Crippen LogP contribution is 2.33. The summed E-state index contributed by atoms with van der Waals surface area (Å²) >= 11 is 0. The highest BCUT2D eigenvalue weighted by atomic mass is 16.2. The minimum absolute atomic E-state index is 0.0466. The number of carbonyl (C=O) groups is 2. The van der Waals surface area contributed by atoms with E-state index in [1.807, 2.05) is 20.2 Å². The van der Waals surface area contributed by atoms with E-state index in [1.165, 1.54) is 30.2 Å². The fraction of sp³-hybridized carbons (Fsp3) is 0.440. The minimum atomic E-state index is -0.127. The van der Waals surface area contributed by atoms with Gasteiger partial charge in [0.25, 0.3) is 0 Å². The quantitative estimate of drug-likeness (QED) is 0.720. The van der Waals surface area contributed by atoms with E-state index in [0.717, 1.165) is 30.4 Å². The van der Waals surface area contributed by atoms with E-state index in [4.69, 9.17) is 5.26 Å². The molecule has 2 aliphatic rings. The molecule has 1 aromatic carbocycles. The maximum atomic E-state index is 12.9. The molecule has 1 aromatic heterocycles. The number of nitriles is 1. The maximum absolute atomic E-state index is 12.9. The van der Waals surface area contributed by atoms with Crippen molar-refractivity contribution < 1.29 is 9.59 Å². The van der Waals surface area contributed by atoms with Gasteiger partial charge in [0, 0.05) is 39.5 Å². The zero-order chi connectivity index (χ0) is 22.7. The zero-order valence-corrected chi connectivity index (χ0v) is 18.7. The number of nitrogens with one attached hydrogen (secondary N) is 1. The van der Waals surface area contributed by atoms with Crippen molar-refractivity contribution in [1.82, 2.24) is 19.8 Å². The van der Waals surface area contributed by atoms with Crippen LogP contribution < -0.4 is 0 Å². The summed E-state index contributed by atoms with van der Waals surface area (Å²) in [7, 11) is 3.68. The fourth-order valence-corrected chi connectivity index (χ4v) is 4.71. The Bertz CT molecular complexity index is 1080. The van der Waals surface area contributed by atoms with Gasteiger partial charge in [-0.1, -0.05) is 30.7 Å². The second-order valence-electron chi connectivity index (χ2n) is 8.84. The van der Waals surface area contributed by atoms with E-state index >= 15 is 0 Å². The van der Waals surface area contributed by atoms with Gasteiger partial charge in [0.1, 0.15) is 11.8 Å². The van der Waals surface area contributed by atoms with Gasteiger partial charge in [-0.3, -0.25) is 4.79 Å². The molecule has 0 spiro atoms. The summed E-state index contributed by atoms with van der Waals surface area (Å²) in [6, 6.07) is 8.40. The molecule has 0 unspecified atom stereocenters. The first-order valence-electron chi connectivity index (χ1n) is 11.2. The summed E-state index contributed by atoms with van der Waals surface area (Å²) in [5, 5.41) is 9.00. The smallest absolute Gasteiger partial charge is 0.319 e. The van der Waals surface area contributed by atoms with Gasteiger partial charge >= 0.3 is 6.03 Å². The largest absolute Gasteiger partial charge is 0.327 e. The zero-order valence-electron chi connectivity index (χ0n) is 18.7. The second kappa shape index (κ2) is 9.39. The Morgan fingerprint density at radius 1 is 1.22 bits per heavy atom. The van der Waals surface area contributed by atoms with Crippen molar-refractivity contribution in [2.45, 2.75) is 44.4 Å². The van der Waals surface area contributed by atoms with Crippen molar-refractivity contribution >= 4 is 17.4 Å². The number of hydrogen-bond donors (Lipinski definition) is 1. The summed E-state index contributed by atoms with van der Waals surface area (Å²) in [4.78, 5) is 35.4. The number of carbonyl (C=O) groups excluding carboxylic acids is 2. The van der Waals surface area contributed by atoms with Crippen LogP contribution in [0.3, 0.4) is 0 Å². The SMILES string of the molecule is CN1CC(c2ccc(CC(=O)c3ncc(C#N)[nH]3)c(C3=CCCCCC3)c2)CN(C)C1=O. The first-order chi connectivity index (χ1) is 15.5. The van der Waals surface area contributed by atoms with Crippen LogP contribution in [0.5, 0.6) is 0 Å². The molecule has 2 amide bonds. The van der Waals surface area contributed by atoms with Crippen LogP contribution >= 0.6 is 0 Å². The molecule has 166 valence electrons. The van der Waals surface area contributed by atoms with Crippen molar-refractivity contribution in [2.24, 2.45) is 0 Å². The first kappa shape index (κ1) is 21.8. The Hall–Kier alpha value is -3.40. The predicted octanol–water partition coefficient (Wildman–Crippen LogP) is 4.14. The number of nitrogens with zero attached hydrogens (tertiary/aromatic N) is 4. The number of hydrogen-bond acceptors (Lipinski definition) is 4. The van der Waals surface area contributed by atoms with E-state index in [1.54, 1.807) is 9.80 Å². The van der Waals surface area contributed by atoms with Gasteiger partial charge in [-0.25, -0.2) is 9.78 Å². The number of rotatable bonds is 5. The summed E-state index contributed by atoms with van der Waals surface area (Å²) in [6.07, 6.45) is 9.57. The van der Waals surface area contributed by atoms with Gasteiger partial charge in [0.05, 0.1) is 6.20 Å². The van der Waals surface area contributed by atoms with E-state index in [2.05, 4.69) is 34.2 Å². The summed E-state index contributed by atoms with van der Waals surface area (Å²) in [5.74, 6) is 0.318. The van der Waals surface area contributed by atoms with Crippen molar-refractivity contribution in [1.29, 1.82) is 5.26 Å². The average Bonchev–Trinajstić information content (AvgIpc) is 3.12. The van der Waals surface area contributed by atoms with Gasteiger partial charge in [-0.2, -0.15) is 5.26 Å². The van der Waals surface area contributed by atoms with Gasteiger partial charge in [-0.15, -0.1) is 0 Å². The molecule has 32 heavy (non-hydrogen) atoms. The number of ketones is 1. The van der Waals surface area contributed by atoms with Crippen LogP contribution in [-0.2, 0) is 6.42 Å². The standard InChI is InChI=1S/C25H29N5O2/c1-29-15-20(16-30(2)25(29)32)18-9-10-19(12-23(31)24-27-14-21(13-26)28-24)22(11-18)17-7-5-3-4-6-8-17/h7,9-11,14,20H,3-6,8,12,15-16H2,1-2H3,(H,27,28). The first-order valence-corrected chi connectivity index (χ1v) is 11.2. The normalized spacial score (nSPS) is 17.7. The molecule has 1 aliphatic heterocycles. The van der Waals surface area contributed by atoms with Gasteiger partial charge in [0.15, 0.2) is 5.82 Å². The number of allylic oxidation sites excluding steroid dienone is 2. The van der Waals surface area contributed by atoms with Crippen molar-refractivity contribution in [3.05, 3.63) is 58.7 Å². The molecule has 0 radical (unpaired) electrons. The van der Waals surface area contributed by atoms with Crippen LogP contribution in [-0.4, -0.2) is 58.8 Å². The molecule has 7 heteroatoms. The number of urea groups is 1. The van der Waals surface area contributed by atoms with Crippen LogP contribution in [0.1, 0.15) is 71.0 Å². The lowest BCUT2D eigenvalue weighted by molar-refractivity contribution is 0.0983. The minimum Gasteiger partial charge on any atom is -0.327 e. The molecule has 1 aliphatic carbocycles. The third-order valence-electron chi connectivity index (χ3n) is 6.45. The van der Waals surface area contributed by atoms with Crippen LogP contribution in [0.25, 0.3) is 5.57 Å². The molecule has 0 bridgehead atoms. The summed E-state index contributed by atoms with van der Waals surface area (Å²) in [6.45, 7) is 1.37. The number of likely N-dealkylation sites (N-methyl/N-ethyl adjacent to an activating group) is 2. The monoisotopic (exact) mass is 431 g/mol. The van der Waals surface area contributed by atoms with Crippen LogP contribution in [0.15, 0.2) is 30.5 Å². The molecular weight excluding hydrogens is 402 g/mol. The molecule has 0 atom stereocenters. The number of aromatic nitrogens is 2. The van der Waals surface area contributed by atoms with E-state index < -0.39 is 0 Å². The number of amides is 2. The van der Waals surface area contributed by atoms with Crippen LogP contribution in [0.2, 0.25) is 0 Å². The molecule has 1 saturated heterocycles. The lowest BCUT2D eigenvalue weighted by Gasteiger charge is -2.36. The van der Waals surface area contributed by atoms with E-state index in [-0.39, 0.29) is 35.7 Å². The number of H-pyrrole nitrogens is 1. The molecule has 1 N–H and O–H groups in total. The Balaban J connectivity index is 1.66. The van der Waals surface area contributed by atoms with Crippen molar-refractivity contribution in [3.63, 3.8) is 0 Å². The second-order valence-corrected chi connectivity index (χ2v) is 8.84. The van der Waals surface area contributed by atoms with E-state index in [9.17, 15) is 9.59 Å². The molecular formula is C25H29N5O2. The fourth-order valence-electron chi connectivity index (χ4n) is 4.71. The predicted molar refractivity (Wildman–Crippen MR) is 122 cm³/mol. The third kappa shape index (κ3) is 4.59. The Labute approximate surface area is 188 Å². The molecule has 0 saturated carbocycles. The maximum Gasteiger partial charge on any atom is 0.319 e. The summed E-state index contributed by atoms with van der Waals surface area (Å²) < 4.78 is 0.